The summed E-state index contributed by atoms with van der Waals surface area (Å²) in [4.78, 5) is 11.7. The zero-order chi connectivity index (χ0) is 11.1. The van der Waals surface area contributed by atoms with Crippen molar-refractivity contribution in [1.82, 2.24) is 0 Å². The third-order valence-electron chi connectivity index (χ3n) is 3.01. The average molecular weight is 204 g/mol. The van der Waals surface area contributed by atoms with Crippen molar-refractivity contribution in [2.24, 2.45) is 11.3 Å². The molecule has 0 aliphatic heterocycles. The molecular weight excluding hydrogens is 188 g/mol. The number of amides is 1. The Morgan fingerprint density at radius 2 is 1.93 bits per heavy atom. The van der Waals surface area contributed by atoms with Gasteiger partial charge in [0.2, 0.25) is 5.91 Å². The van der Waals surface area contributed by atoms with Crippen molar-refractivity contribution in [2.75, 3.05) is 11.1 Å². The van der Waals surface area contributed by atoms with Crippen molar-refractivity contribution in [3.05, 3.63) is 24.3 Å². The van der Waals surface area contributed by atoms with Gasteiger partial charge in [0.15, 0.2) is 0 Å². The van der Waals surface area contributed by atoms with Crippen LogP contribution in [0.15, 0.2) is 24.3 Å². The fourth-order valence-electron chi connectivity index (χ4n) is 1.71. The van der Waals surface area contributed by atoms with Gasteiger partial charge in [0, 0.05) is 17.3 Å². The van der Waals surface area contributed by atoms with Crippen LogP contribution in [0.2, 0.25) is 0 Å². The van der Waals surface area contributed by atoms with Gasteiger partial charge in [-0.05, 0) is 36.1 Å². The number of hydrogen-bond acceptors (Lipinski definition) is 2. The zero-order valence-corrected chi connectivity index (χ0v) is 9.08. The van der Waals surface area contributed by atoms with Gasteiger partial charge in [-0.25, -0.2) is 0 Å². The van der Waals surface area contributed by atoms with Crippen molar-refractivity contribution in [3.8, 4) is 0 Å². The highest BCUT2D eigenvalue weighted by Gasteiger charge is 2.50. The molecule has 0 bridgehead atoms. The van der Waals surface area contributed by atoms with Crippen LogP contribution < -0.4 is 11.1 Å². The summed E-state index contributed by atoms with van der Waals surface area (Å²) in [5, 5.41) is 2.89. The monoisotopic (exact) mass is 204 g/mol. The van der Waals surface area contributed by atoms with Crippen molar-refractivity contribution in [3.63, 3.8) is 0 Å². The second-order valence-electron chi connectivity index (χ2n) is 4.86. The molecule has 1 aromatic carbocycles. The third-order valence-corrected chi connectivity index (χ3v) is 3.01. The lowest BCUT2D eigenvalue weighted by molar-refractivity contribution is -0.117. The second-order valence-corrected chi connectivity index (χ2v) is 4.86. The van der Waals surface area contributed by atoms with Crippen molar-refractivity contribution < 1.29 is 4.79 Å². The molecule has 15 heavy (non-hydrogen) atoms. The van der Waals surface area contributed by atoms with Crippen LogP contribution in [0.4, 0.5) is 11.4 Å². The highest BCUT2D eigenvalue weighted by molar-refractivity contribution is 5.95. The Morgan fingerprint density at radius 1 is 1.40 bits per heavy atom. The Hall–Kier alpha value is -1.51. The molecule has 1 aromatic rings. The highest BCUT2D eigenvalue weighted by atomic mass is 16.2. The Morgan fingerprint density at radius 3 is 2.40 bits per heavy atom. The topological polar surface area (TPSA) is 55.1 Å². The molecule has 0 radical (unpaired) electrons. The molecule has 1 unspecified atom stereocenters. The zero-order valence-electron chi connectivity index (χ0n) is 9.08. The predicted octanol–water partition coefficient (Wildman–Crippen LogP) is 2.25. The van der Waals surface area contributed by atoms with Gasteiger partial charge in [0.1, 0.15) is 0 Å². The first-order chi connectivity index (χ1) is 6.99. The van der Waals surface area contributed by atoms with E-state index in [0.29, 0.717) is 5.69 Å². The minimum Gasteiger partial charge on any atom is -0.399 e. The van der Waals surface area contributed by atoms with Crippen molar-refractivity contribution in [2.45, 2.75) is 20.3 Å². The minimum absolute atomic E-state index is 0.116. The molecule has 1 atom stereocenters. The van der Waals surface area contributed by atoms with Gasteiger partial charge in [-0.2, -0.15) is 0 Å². The van der Waals surface area contributed by atoms with E-state index < -0.39 is 0 Å². The number of nitrogens with one attached hydrogen (secondary N) is 1. The van der Waals surface area contributed by atoms with E-state index in [4.69, 9.17) is 5.73 Å². The summed E-state index contributed by atoms with van der Waals surface area (Å²) in [7, 11) is 0. The van der Waals surface area contributed by atoms with Crippen LogP contribution in [-0.4, -0.2) is 5.91 Å². The number of nitrogen functional groups attached to an aromatic ring is 1. The van der Waals surface area contributed by atoms with Gasteiger partial charge in [0.25, 0.3) is 0 Å². The average Bonchev–Trinajstić information content (AvgIpc) is 2.79. The van der Waals surface area contributed by atoms with E-state index >= 15 is 0 Å². The van der Waals surface area contributed by atoms with Crippen LogP contribution in [0.25, 0.3) is 0 Å². The van der Waals surface area contributed by atoms with Crippen LogP contribution in [0.3, 0.4) is 0 Å². The number of rotatable bonds is 2. The highest BCUT2D eigenvalue weighted by Crippen LogP contribution is 2.51. The normalized spacial score (nSPS) is 22.1. The smallest absolute Gasteiger partial charge is 0.228 e. The maximum absolute atomic E-state index is 11.7. The number of nitrogens with two attached hydrogens (primary N) is 1. The van der Waals surface area contributed by atoms with Crippen LogP contribution in [-0.2, 0) is 4.79 Å². The van der Waals surface area contributed by atoms with E-state index in [1.807, 2.05) is 12.1 Å². The maximum Gasteiger partial charge on any atom is 0.228 e. The Labute approximate surface area is 89.7 Å². The summed E-state index contributed by atoms with van der Waals surface area (Å²) < 4.78 is 0. The molecule has 1 amide bonds. The number of benzene rings is 1. The molecule has 0 aromatic heterocycles. The lowest BCUT2D eigenvalue weighted by Crippen LogP contribution is -2.16. The van der Waals surface area contributed by atoms with E-state index in [2.05, 4.69) is 19.2 Å². The standard InChI is InChI=1S/C12H16N2O/c1-12(2)7-10(12)11(15)14-9-5-3-8(13)4-6-9/h3-6,10H,7,13H2,1-2H3,(H,14,15). The lowest BCUT2D eigenvalue weighted by Gasteiger charge is -2.06. The quantitative estimate of drug-likeness (QED) is 0.726. The predicted molar refractivity (Wildman–Crippen MR) is 61.4 cm³/mol. The van der Waals surface area contributed by atoms with Crippen LogP contribution in [0, 0.1) is 11.3 Å². The Balaban J connectivity index is 1.98. The SMILES string of the molecule is CC1(C)CC1C(=O)Nc1ccc(N)cc1. The van der Waals surface area contributed by atoms with Crippen LogP contribution >= 0.6 is 0 Å². The summed E-state index contributed by atoms with van der Waals surface area (Å²) >= 11 is 0. The summed E-state index contributed by atoms with van der Waals surface area (Å²) in [5.41, 5.74) is 7.26. The van der Waals surface area contributed by atoms with Gasteiger partial charge in [0.05, 0.1) is 0 Å². The fraction of sp³-hybridized carbons (Fsp3) is 0.417. The first kappa shape index (κ1) is 10.0. The summed E-state index contributed by atoms with van der Waals surface area (Å²) in [6.45, 7) is 4.22. The molecular formula is C12H16N2O. The molecule has 0 spiro atoms. The molecule has 80 valence electrons. The Kier molecular flexibility index (Phi) is 2.18. The Bertz CT molecular complexity index is 381. The van der Waals surface area contributed by atoms with Gasteiger partial charge in [-0.1, -0.05) is 13.8 Å². The van der Waals surface area contributed by atoms with Crippen LogP contribution in [0.5, 0.6) is 0 Å². The number of anilines is 2. The first-order valence-corrected chi connectivity index (χ1v) is 5.15. The van der Waals surface area contributed by atoms with E-state index in [9.17, 15) is 4.79 Å². The molecule has 2 rings (SSSR count). The second kappa shape index (κ2) is 3.26. The number of hydrogen-bond donors (Lipinski definition) is 2. The third kappa shape index (κ3) is 2.12. The molecule has 3 N–H and O–H groups in total. The van der Waals surface area contributed by atoms with E-state index in [0.717, 1.165) is 12.1 Å². The molecule has 3 nitrogen and oxygen atoms in total. The molecule has 3 heteroatoms. The molecule has 1 saturated carbocycles. The summed E-state index contributed by atoms with van der Waals surface area (Å²) in [6, 6.07) is 7.21. The van der Waals surface area contributed by atoms with Crippen molar-refractivity contribution in [1.29, 1.82) is 0 Å². The van der Waals surface area contributed by atoms with Gasteiger partial charge >= 0.3 is 0 Å². The number of carbonyl (C=O) groups excluding carboxylic acids is 1. The van der Waals surface area contributed by atoms with Gasteiger partial charge in [-0.3, -0.25) is 4.79 Å². The maximum atomic E-state index is 11.7. The first-order valence-electron chi connectivity index (χ1n) is 5.15. The number of carbonyl (C=O) groups is 1. The van der Waals surface area contributed by atoms with E-state index in [-0.39, 0.29) is 17.2 Å². The molecule has 0 heterocycles. The molecule has 1 fully saturated rings. The van der Waals surface area contributed by atoms with Crippen molar-refractivity contribution >= 4 is 17.3 Å². The van der Waals surface area contributed by atoms with Gasteiger partial charge in [-0.15, -0.1) is 0 Å². The van der Waals surface area contributed by atoms with E-state index in [1.165, 1.54) is 0 Å². The lowest BCUT2D eigenvalue weighted by atomic mass is 10.1. The largest absolute Gasteiger partial charge is 0.399 e. The summed E-state index contributed by atoms with van der Waals surface area (Å²) in [5.74, 6) is 0.278. The fourth-order valence-corrected chi connectivity index (χ4v) is 1.71. The molecule has 0 saturated heterocycles. The van der Waals surface area contributed by atoms with Gasteiger partial charge < -0.3 is 11.1 Å². The molecule has 1 aliphatic carbocycles. The summed E-state index contributed by atoms with van der Waals surface area (Å²) in [6.07, 6.45) is 0.980. The molecule has 1 aliphatic rings. The van der Waals surface area contributed by atoms with Crippen LogP contribution in [0.1, 0.15) is 20.3 Å². The minimum atomic E-state index is 0.116. The van der Waals surface area contributed by atoms with E-state index in [1.54, 1.807) is 12.1 Å².